The number of hydrogen-bond donors (Lipinski definition) is 2. The van der Waals surface area contributed by atoms with E-state index in [2.05, 4.69) is 10.1 Å². The molecule has 17 heavy (non-hydrogen) atoms. The summed E-state index contributed by atoms with van der Waals surface area (Å²) < 4.78 is 1.71. The van der Waals surface area contributed by atoms with Crippen molar-refractivity contribution in [3.05, 3.63) is 18.2 Å². The molecule has 2 heterocycles. The van der Waals surface area contributed by atoms with E-state index in [0.29, 0.717) is 18.7 Å². The Balaban J connectivity index is 2.19. The highest BCUT2D eigenvalue weighted by Gasteiger charge is 2.33. The normalized spacial score (nSPS) is 20.9. The van der Waals surface area contributed by atoms with Crippen LogP contribution in [0.5, 0.6) is 0 Å². The van der Waals surface area contributed by atoms with E-state index in [1.165, 1.54) is 0 Å². The van der Waals surface area contributed by atoms with Gasteiger partial charge in [0, 0.05) is 19.8 Å². The van der Waals surface area contributed by atoms with Crippen molar-refractivity contribution in [3.8, 4) is 0 Å². The molecular formula is C10H15N5O2. The second-order valence-electron chi connectivity index (χ2n) is 4.11. The molecule has 1 unspecified atom stereocenters. The summed E-state index contributed by atoms with van der Waals surface area (Å²) in [6, 6.07) is -0.325. The Hall–Kier alpha value is -2.05. The summed E-state index contributed by atoms with van der Waals surface area (Å²) in [7, 11) is 1.80. The van der Waals surface area contributed by atoms with E-state index in [9.17, 15) is 4.79 Å². The van der Waals surface area contributed by atoms with Crippen LogP contribution in [0.1, 0.15) is 23.3 Å². The highest BCUT2D eigenvalue weighted by atomic mass is 16.4. The van der Waals surface area contributed by atoms with Gasteiger partial charge in [-0.05, 0) is 12.8 Å². The molecule has 7 nitrogen and oxygen atoms in total. The molecule has 0 aliphatic carbocycles. The zero-order valence-electron chi connectivity index (χ0n) is 9.58. The third kappa shape index (κ3) is 2.08. The van der Waals surface area contributed by atoms with Crippen LogP contribution in [0.25, 0.3) is 0 Å². The number of aryl methyl sites for hydroxylation is 1. The number of aromatic nitrogens is 2. The quantitative estimate of drug-likeness (QED) is 0.321. The van der Waals surface area contributed by atoms with E-state index >= 15 is 0 Å². The van der Waals surface area contributed by atoms with E-state index in [1.54, 1.807) is 29.0 Å². The Kier molecular flexibility index (Phi) is 2.99. The summed E-state index contributed by atoms with van der Waals surface area (Å²) in [6.45, 7) is 0.607. The maximum Gasteiger partial charge on any atom is 0.274 e. The Morgan fingerprint density at radius 3 is 3.06 bits per heavy atom. The van der Waals surface area contributed by atoms with Crippen LogP contribution < -0.4 is 5.73 Å². The molecule has 0 saturated carbocycles. The number of carbonyl (C=O) groups excluding carboxylic acids is 1. The second-order valence-corrected chi connectivity index (χ2v) is 4.11. The number of likely N-dealkylation sites (tertiary alicyclic amines) is 1. The van der Waals surface area contributed by atoms with Gasteiger partial charge in [0.25, 0.3) is 5.91 Å². The molecule has 2 rings (SSSR count). The molecular weight excluding hydrogens is 222 g/mol. The minimum Gasteiger partial charge on any atom is -0.409 e. The number of carbonyl (C=O) groups is 1. The van der Waals surface area contributed by atoms with Crippen LogP contribution in [-0.2, 0) is 7.05 Å². The van der Waals surface area contributed by atoms with E-state index in [4.69, 9.17) is 10.9 Å². The molecule has 1 fully saturated rings. The van der Waals surface area contributed by atoms with Crippen molar-refractivity contribution in [2.45, 2.75) is 18.9 Å². The third-order valence-electron chi connectivity index (χ3n) is 2.89. The molecule has 1 saturated heterocycles. The maximum atomic E-state index is 12.1. The lowest BCUT2D eigenvalue weighted by Crippen LogP contribution is -2.44. The van der Waals surface area contributed by atoms with Crippen molar-refractivity contribution in [2.24, 2.45) is 17.9 Å². The molecule has 7 heteroatoms. The lowest BCUT2D eigenvalue weighted by molar-refractivity contribution is 0.0762. The summed E-state index contributed by atoms with van der Waals surface area (Å²) in [5, 5.41) is 11.7. The smallest absolute Gasteiger partial charge is 0.274 e. The first-order valence-corrected chi connectivity index (χ1v) is 5.40. The van der Waals surface area contributed by atoms with Gasteiger partial charge in [0.15, 0.2) is 5.84 Å². The van der Waals surface area contributed by atoms with Crippen LogP contribution in [0.15, 0.2) is 17.7 Å². The molecule has 0 bridgehead atoms. The van der Waals surface area contributed by atoms with Gasteiger partial charge in [0.2, 0.25) is 0 Å². The fraction of sp³-hybridized carbons (Fsp3) is 0.500. The van der Waals surface area contributed by atoms with Crippen molar-refractivity contribution in [1.29, 1.82) is 0 Å². The molecule has 1 aliphatic rings. The van der Waals surface area contributed by atoms with Crippen molar-refractivity contribution in [1.82, 2.24) is 14.5 Å². The molecule has 0 spiro atoms. The topological polar surface area (TPSA) is 96.7 Å². The zero-order chi connectivity index (χ0) is 12.4. The van der Waals surface area contributed by atoms with Gasteiger partial charge in [-0.15, -0.1) is 0 Å². The second kappa shape index (κ2) is 4.44. The number of oxime groups is 1. The van der Waals surface area contributed by atoms with Crippen LogP contribution in [0.3, 0.4) is 0 Å². The van der Waals surface area contributed by atoms with Crippen LogP contribution in [0, 0.1) is 0 Å². The predicted molar refractivity (Wildman–Crippen MR) is 60.7 cm³/mol. The minimum absolute atomic E-state index is 0.0757. The van der Waals surface area contributed by atoms with E-state index in [-0.39, 0.29) is 17.8 Å². The fourth-order valence-corrected chi connectivity index (χ4v) is 2.05. The lowest BCUT2D eigenvalue weighted by atomic mass is 10.2. The number of nitrogens with zero attached hydrogens (tertiary/aromatic N) is 4. The Bertz CT molecular complexity index is 453. The van der Waals surface area contributed by atoms with E-state index in [0.717, 1.165) is 6.42 Å². The van der Waals surface area contributed by atoms with E-state index < -0.39 is 0 Å². The number of amidine groups is 1. The number of amides is 1. The first kappa shape index (κ1) is 11.4. The third-order valence-corrected chi connectivity index (χ3v) is 2.89. The molecule has 1 aromatic heterocycles. The number of nitrogens with two attached hydrogens (primary N) is 1. The van der Waals surface area contributed by atoms with Gasteiger partial charge >= 0.3 is 0 Å². The Labute approximate surface area is 98.5 Å². The first-order valence-electron chi connectivity index (χ1n) is 5.40. The Morgan fingerprint density at radius 1 is 1.71 bits per heavy atom. The standard InChI is InChI=1S/C10H15N5O2/c1-14-5-7(12-6-14)10(16)15-4-2-3-8(15)9(11)13-17/h5-6,8,17H,2-4H2,1H3,(H2,11,13). The first-order chi connectivity index (χ1) is 8.13. The van der Waals surface area contributed by atoms with Gasteiger partial charge in [-0.1, -0.05) is 5.16 Å². The fourth-order valence-electron chi connectivity index (χ4n) is 2.05. The summed E-state index contributed by atoms with van der Waals surface area (Å²) in [4.78, 5) is 17.8. The average Bonchev–Trinajstić information content (AvgIpc) is 2.95. The highest BCUT2D eigenvalue weighted by Crippen LogP contribution is 2.19. The maximum absolute atomic E-state index is 12.1. The van der Waals surface area contributed by atoms with Crippen LogP contribution >= 0.6 is 0 Å². The van der Waals surface area contributed by atoms with Gasteiger partial charge in [0.05, 0.1) is 12.4 Å². The van der Waals surface area contributed by atoms with Crippen LogP contribution in [-0.4, -0.2) is 44.0 Å². The van der Waals surface area contributed by atoms with Gasteiger partial charge in [-0.2, -0.15) is 0 Å². The molecule has 0 aromatic carbocycles. The molecule has 1 aliphatic heterocycles. The SMILES string of the molecule is Cn1cnc(C(=O)N2CCCC2C(N)=NO)c1. The number of hydrogen-bond acceptors (Lipinski definition) is 4. The Morgan fingerprint density at radius 2 is 2.47 bits per heavy atom. The van der Waals surface area contributed by atoms with E-state index in [1.807, 2.05) is 0 Å². The van der Waals surface area contributed by atoms with Crippen molar-refractivity contribution < 1.29 is 10.0 Å². The number of imidazole rings is 1. The van der Waals surface area contributed by atoms with Crippen molar-refractivity contribution in [2.75, 3.05) is 6.54 Å². The summed E-state index contributed by atoms with van der Waals surface area (Å²) >= 11 is 0. The highest BCUT2D eigenvalue weighted by molar-refractivity contribution is 5.97. The van der Waals surface area contributed by atoms with Crippen LogP contribution in [0.2, 0.25) is 0 Å². The van der Waals surface area contributed by atoms with Crippen molar-refractivity contribution in [3.63, 3.8) is 0 Å². The monoisotopic (exact) mass is 237 g/mol. The molecule has 1 aromatic rings. The van der Waals surface area contributed by atoms with Gasteiger partial charge < -0.3 is 20.4 Å². The molecule has 92 valence electrons. The van der Waals surface area contributed by atoms with Crippen LogP contribution in [0.4, 0.5) is 0 Å². The zero-order valence-corrected chi connectivity index (χ0v) is 9.58. The summed E-state index contributed by atoms with van der Waals surface area (Å²) in [5.74, 6) is -0.105. The summed E-state index contributed by atoms with van der Waals surface area (Å²) in [5.41, 5.74) is 5.95. The minimum atomic E-state index is -0.325. The summed E-state index contributed by atoms with van der Waals surface area (Å²) in [6.07, 6.45) is 4.79. The molecule has 3 N–H and O–H groups in total. The lowest BCUT2D eigenvalue weighted by Gasteiger charge is -2.22. The van der Waals surface area contributed by atoms with Gasteiger partial charge in [0.1, 0.15) is 5.69 Å². The molecule has 0 radical (unpaired) electrons. The van der Waals surface area contributed by atoms with Crippen molar-refractivity contribution >= 4 is 11.7 Å². The molecule has 1 amide bonds. The van der Waals surface area contributed by atoms with Gasteiger partial charge in [-0.3, -0.25) is 4.79 Å². The molecule has 1 atom stereocenters. The largest absolute Gasteiger partial charge is 0.409 e. The van der Waals surface area contributed by atoms with Gasteiger partial charge in [-0.25, -0.2) is 4.98 Å². The average molecular weight is 237 g/mol. The number of rotatable bonds is 2. The predicted octanol–water partition coefficient (Wildman–Crippen LogP) is -0.229.